The molecule has 0 N–H and O–H groups in total. The summed E-state index contributed by atoms with van der Waals surface area (Å²) in [5.41, 5.74) is 4.07. The largest absolute Gasteiger partial charge is 0.126 e. The average molecular weight is 719 g/mol. The Bertz CT molecular complexity index is 2100. The van der Waals surface area contributed by atoms with E-state index in [-0.39, 0.29) is 0 Å². The van der Waals surface area contributed by atoms with Gasteiger partial charge in [-0.05, 0) is 39.1 Å². The van der Waals surface area contributed by atoms with Gasteiger partial charge in [0.1, 0.15) is 0 Å². The quantitative estimate of drug-likeness (QED) is 0.0948. The van der Waals surface area contributed by atoms with Crippen molar-refractivity contribution >= 4 is 80.4 Å². The van der Waals surface area contributed by atoms with Crippen LogP contribution in [-0.2, 0) is 20.8 Å². The Kier molecular flexibility index (Phi) is 11.9. The fourth-order valence-corrected chi connectivity index (χ4v) is 6.01. The number of rotatable bonds is 2. The summed E-state index contributed by atoms with van der Waals surface area (Å²) in [6, 6.07) is 50.5. The van der Waals surface area contributed by atoms with Crippen LogP contribution in [0.25, 0.3) is 65.0 Å². The molecule has 0 nitrogen and oxygen atoms in total. The van der Waals surface area contributed by atoms with Crippen molar-refractivity contribution in [3.05, 3.63) is 145 Å². The maximum atomic E-state index is 4.93. The van der Waals surface area contributed by atoms with E-state index < -0.39 is 20.8 Å². The number of benzene rings is 6. The van der Waals surface area contributed by atoms with Crippen LogP contribution in [0, 0.1) is 0 Å². The molecule has 0 aliphatic rings. The SMILES string of the molecule is CC(C)c1cc2c(-c3cc4ccccc4c4ccccc34)cccc2[cH-]1.C[Si]C.[Cl][Zr+2][Cl].c1ccc2c(c1)[cH-]c1ccccc12. The molecule has 0 unspecified atom stereocenters. The summed E-state index contributed by atoms with van der Waals surface area (Å²) in [7, 11) is 11.0. The van der Waals surface area contributed by atoms with E-state index in [1.807, 2.05) is 0 Å². The van der Waals surface area contributed by atoms with Crippen molar-refractivity contribution in [2.45, 2.75) is 32.9 Å². The fraction of sp³-hybridized carbons (Fsp3) is 0.122. The first-order chi connectivity index (χ1) is 22.0. The molecule has 0 saturated carbocycles. The zero-order valence-corrected chi connectivity index (χ0v) is 31.1. The predicted molar refractivity (Wildman–Crippen MR) is 200 cm³/mol. The maximum absolute atomic E-state index is 4.93. The van der Waals surface area contributed by atoms with Crippen LogP contribution in [0.4, 0.5) is 0 Å². The molecule has 0 aliphatic carbocycles. The summed E-state index contributed by atoms with van der Waals surface area (Å²) >= 11 is -0.826. The monoisotopic (exact) mass is 716 g/mol. The third-order valence-corrected chi connectivity index (χ3v) is 8.02. The Morgan fingerprint density at radius 1 is 0.511 bits per heavy atom. The Morgan fingerprint density at radius 3 is 1.58 bits per heavy atom. The van der Waals surface area contributed by atoms with E-state index in [0.717, 1.165) is 9.52 Å². The number of fused-ring (bicyclic) bond motifs is 7. The zero-order valence-electron chi connectivity index (χ0n) is 26.1. The van der Waals surface area contributed by atoms with Gasteiger partial charge in [0, 0.05) is 9.52 Å². The standard InChI is InChI=1S/C26H21.C13H9.C2H6Si.2ClH.Zr/c1-17(2)20-14-18-9-7-13-24(25(18)16-20)26-15-19-8-3-4-10-21(19)22-11-5-6-12-23(22)26;1-3-7-12-10(5-1)9-11-6-2-4-8-13(11)12;1-3-2;;;/h3-17H,1-2H3;1-9H;1-2H3;2*1H;/q2*-1;;;;+4/p-2. The smallest absolute Gasteiger partial charge is 0.0771 e. The third kappa shape index (κ3) is 7.53. The molecule has 4 heteroatoms. The molecule has 0 aliphatic heterocycles. The Labute approximate surface area is 288 Å². The Morgan fingerprint density at radius 2 is 0.978 bits per heavy atom. The van der Waals surface area contributed by atoms with Crippen molar-refractivity contribution in [3.8, 4) is 11.1 Å². The molecule has 2 radical (unpaired) electrons. The summed E-state index contributed by atoms with van der Waals surface area (Å²) in [4.78, 5) is 0. The molecule has 0 atom stereocenters. The maximum Gasteiger partial charge on any atom is -0.0771 e. The van der Waals surface area contributed by atoms with Gasteiger partial charge in [-0.1, -0.05) is 124 Å². The van der Waals surface area contributed by atoms with Gasteiger partial charge in [0.25, 0.3) is 0 Å². The number of hydrogen-bond acceptors (Lipinski definition) is 0. The molecule has 0 fully saturated rings. The predicted octanol–water partition coefficient (Wildman–Crippen LogP) is 13.5. The Balaban J connectivity index is 0.000000175. The van der Waals surface area contributed by atoms with Crippen molar-refractivity contribution < 1.29 is 20.8 Å². The molecular weight excluding hydrogens is 683 g/mol. The first-order valence-electron chi connectivity index (χ1n) is 15.2. The first kappa shape index (κ1) is 33.4. The molecule has 45 heavy (non-hydrogen) atoms. The molecule has 8 aromatic carbocycles. The van der Waals surface area contributed by atoms with E-state index in [0.29, 0.717) is 5.92 Å². The molecule has 8 rings (SSSR count). The van der Waals surface area contributed by atoms with Gasteiger partial charge in [-0.2, -0.15) is 6.07 Å². The van der Waals surface area contributed by atoms with Crippen molar-refractivity contribution in [2.75, 3.05) is 0 Å². The minimum atomic E-state index is -0.826. The first-order valence-corrected chi connectivity index (χ1v) is 23.5. The fourth-order valence-electron chi connectivity index (χ4n) is 6.01. The van der Waals surface area contributed by atoms with Gasteiger partial charge in [0.15, 0.2) is 0 Å². The van der Waals surface area contributed by atoms with Gasteiger partial charge in [0.2, 0.25) is 0 Å². The van der Waals surface area contributed by atoms with Crippen LogP contribution in [0.5, 0.6) is 0 Å². The molecular formula is C41H36Cl2SiZr. The molecule has 8 aromatic rings. The van der Waals surface area contributed by atoms with Gasteiger partial charge in [-0.3, -0.25) is 0 Å². The summed E-state index contributed by atoms with van der Waals surface area (Å²) in [6.45, 7) is 8.83. The molecule has 0 saturated heterocycles. The molecule has 0 bridgehead atoms. The van der Waals surface area contributed by atoms with Crippen LogP contribution in [0.2, 0.25) is 13.1 Å². The van der Waals surface area contributed by atoms with Gasteiger partial charge in [-0.15, -0.1) is 74.3 Å². The van der Waals surface area contributed by atoms with Crippen molar-refractivity contribution in [3.63, 3.8) is 0 Å². The van der Waals surface area contributed by atoms with Crippen LogP contribution in [0.3, 0.4) is 0 Å². The van der Waals surface area contributed by atoms with E-state index in [2.05, 4.69) is 166 Å². The topological polar surface area (TPSA) is 0 Å². The average Bonchev–Trinajstić information content (AvgIpc) is 3.68. The van der Waals surface area contributed by atoms with Crippen LogP contribution in [0.1, 0.15) is 25.3 Å². The molecule has 0 spiro atoms. The van der Waals surface area contributed by atoms with E-state index in [1.165, 1.54) is 70.6 Å². The van der Waals surface area contributed by atoms with Crippen LogP contribution in [0.15, 0.2) is 140 Å². The van der Waals surface area contributed by atoms with Crippen LogP contribution in [-0.4, -0.2) is 9.52 Å². The minimum absolute atomic E-state index is 0.545. The summed E-state index contributed by atoms with van der Waals surface area (Å²) in [5, 5.41) is 13.4. The molecule has 0 heterocycles. The van der Waals surface area contributed by atoms with Crippen molar-refractivity contribution in [1.82, 2.24) is 0 Å². The Hall–Kier alpha value is -3.00. The van der Waals surface area contributed by atoms with Crippen LogP contribution < -0.4 is 0 Å². The van der Waals surface area contributed by atoms with Gasteiger partial charge < -0.3 is 0 Å². The second-order valence-electron chi connectivity index (χ2n) is 11.3. The second kappa shape index (κ2) is 16.0. The van der Waals surface area contributed by atoms with Crippen molar-refractivity contribution in [1.29, 1.82) is 0 Å². The van der Waals surface area contributed by atoms with Crippen LogP contribution >= 0.6 is 17.0 Å². The number of hydrogen-bond donors (Lipinski definition) is 0. The minimum Gasteiger partial charge on any atom is -0.126 e. The number of halogens is 2. The summed E-state index contributed by atoms with van der Waals surface area (Å²) < 4.78 is 0. The van der Waals surface area contributed by atoms with Gasteiger partial charge in [0.05, 0.1) is 0 Å². The molecule has 0 amide bonds. The third-order valence-electron chi connectivity index (χ3n) is 8.02. The van der Waals surface area contributed by atoms with E-state index in [9.17, 15) is 0 Å². The normalized spacial score (nSPS) is 10.6. The van der Waals surface area contributed by atoms with Gasteiger partial charge >= 0.3 is 37.9 Å². The second-order valence-corrected chi connectivity index (χ2v) is 16.1. The zero-order chi connectivity index (χ0) is 31.8. The van der Waals surface area contributed by atoms with E-state index >= 15 is 0 Å². The van der Waals surface area contributed by atoms with E-state index in [1.54, 1.807) is 0 Å². The summed E-state index contributed by atoms with van der Waals surface area (Å²) in [5.74, 6) is 0.545. The molecule has 0 aromatic heterocycles. The van der Waals surface area contributed by atoms with Crippen molar-refractivity contribution in [2.24, 2.45) is 0 Å². The molecule has 222 valence electrons. The van der Waals surface area contributed by atoms with E-state index in [4.69, 9.17) is 17.0 Å². The van der Waals surface area contributed by atoms with Gasteiger partial charge in [-0.25, -0.2) is 0 Å². The summed E-state index contributed by atoms with van der Waals surface area (Å²) in [6.07, 6.45) is 0.